The van der Waals surface area contributed by atoms with Gasteiger partial charge in [-0.2, -0.15) is 8.78 Å². The molecule has 0 aliphatic rings. The van der Waals surface area contributed by atoms with Crippen LogP contribution in [0.5, 0.6) is 0 Å². The number of halogens is 3. The molecular formula is C12H15F3O2S. The summed E-state index contributed by atoms with van der Waals surface area (Å²) in [6.07, 6.45) is 0. The van der Waals surface area contributed by atoms with Crippen LogP contribution in [0.15, 0.2) is 29.2 Å². The van der Waals surface area contributed by atoms with Gasteiger partial charge in [0.2, 0.25) is 9.84 Å². The molecule has 0 amide bonds. The normalized spacial score (nSPS) is 13.7. The van der Waals surface area contributed by atoms with Crippen LogP contribution in [0.25, 0.3) is 0 Å². The molecule has 1 rings (SSSR count). The molecule has 0 heterocycles. The summed E-state index contributed by atoms with van der Waals surface area (Å²) in [5, 5.41) is -4.39. The van der Waals surface area contributed by atoms with Gasteiger partial charge in [-0.15, -0.1) is 0 Å². The first-order chi connectivity index (χ1) is 8.04. The van der Waals surface area contributed by atoms with E-state index in [9.17, 15) is 21.6 Å². The van der Waals surface area contributed by atoms with Crippen molar-refractivity contribution in [2.75, 3.05) is 6.67 Å². The molecule has 0 saturated heterocycles. The minimum absolute atomic E-state index is 0.248. The summed E-state index contributed by atoms with van der Waals surface area (Å²) >= 11 is 0. The molecule has 0 fully saturated rings. The Balaban J connectivity index is 3.54. The molecule has 0 bridgehead atoms. The smallest absolute Gasteiger partial charge is 0.243 e. The molecule has 6 heteroatoms. The zero-order valence-electron chi connectivity index (χ0n) is 10.4. The van der Waals surface area contributed by atoms with Crippen LogP contribution >= 0.6 is 0 Å². The Kier molecular flexibility index (Phi) is 3.81. The van der Waals surface area contributed by atoms with Gasteiger partial charge in [0.1, 0.15) is 0 Å². The quantitative estimate of drug-likeness (QED) is 0.851. The Morgan fingerprint density at radius 1 is 1.11 bits per heavy atom. The van der Waals surface area contributed by atoms with Crippen LogP contribution in [-0.4, -0.2) is 20.3 Å². The van der Waals surface area contributed by atoms with Crippen molar-refractivity contribution >= 4 is 9.84 Å². The van der Waals surface area contributed by atoms with Gasteiger partial charge in [-0.25, -0.2) is 12.8 Å². The minimum Gasteiger partial charge on any atom is -0.243 e. The van der Waals surface area contributed by atoms with Gasteiger partial charge in [-0.1, -0.05) is 39.0 Å². The fourth-order valence-corrected chi connectivity index (χ4v) is 2.94. The fraction of sp³-hybridized carbons (Fsp3) is 0.500. The molecule has 18 heavy (non-hydrogen) atoms. The zero-order chi connectivity index (χ0) is 14.2. The summed E-state index contributed by atoms with van der Waals surface area (Å²) in [7, 11) is -5.01. The maximum atomic E-state index is 13.2. The average Bonchev–Trinajstić information content (AvgIpc) is 2.27. The number of sulfone groups is 1. The summed E-state index contributed by atoms with van der Waals surface area (Å²) in [4.78, 5) is -0.514. The predicted octanol–water partition coefficient (Wildman–Crippen LogP) is 3.32. The van der Waals surface area contributed by atoms with Crippen molar-refractivity contribution in [3.63, 3.8) is 0 Å². The van der Waals surface area contributed by atoms with Crippen LogP contribution in [0.3, 0.4) is 0 Å². The van der Waals surface area contributed by atoms with E-state index in [-0.39, 0.29) is 5.56 Å². The lowest BCUT2D eigenvalue weighted by molar-refractivity contribution is 0.0619. The zero-order valence-corrected chi connectivity index (χ0v) is 11.2. The first kappa shape index (κ1) is 15.0. The monoisotopic (exact) mass is 280 g/mol. The third-order valence-electron chi connectivity index (χ3n) is 2.53. The highest BCUT2D eigenvalue weighted by atomic mass is 32.2. The molecular weight excluding hydrogens is 265 g/mol. The summed E-state index contributed by atoms with van der Waals surface area (Å²) in [5.74, 6) is 0. The van der Waals surface area contributed by atoms with Gasteiger partial charge in [0, 0.05) is 0 Å². The molecule has 2 nitrogen and oxygen atoms in total. The predicted molar refractivity (Wildman–Crippen MR) is 63.2 cm³/mol. The van der Waals surface area contributed by atoms with Crippen molar-refractivity contribution in [2.24, 2.45) is 0 Å². The minimum atomic E-state index is -5.01. The molecule has 0 spiro atoms. The lowest BCUT2D eigenvalue weighted by Gasteiger charge is -2.24. The van der Waals surface area contributed by atoms with Gasteiger partial charge >= 0.3 is 5.25 Å². The molecule has 1 aromatic carbocycles. The number of rotatable bonds is 3. The topological polar surface area (TPSA) is 34.1 Å². The van der Waals surface area contributed by atoms with Crippen LogP contribution in [0.4, 0.5) is 13.2 Å². The third kappa shape index (κ3) is 2.53. The summed E-state index contributed by atoms with van der Waals surface area (Å²) in [5.41, 5.74) is -0.381. The van der Waals surface area contributed by atoms with E-state index in [0.29, 0.717) is 0 Å². The second-order valence-corrected chi connectivity index (χ2v) is 7.06. The average molecular weight is 280 g/mol. The van der Waals surface area contributed by atoms with Crippen LogP contribution in [-0.2, 0) is 15.3 Å². The summed E-state index contributed by atoms with van der Waals surface area (Å²) < 4.78 is 62.2. The van der Waals surface area contributed by atoms with E-state index in [0.717, 1.165) is 6.07 Å². The van der Waals surface area contributed by atoms with E-state index in [4.69, 9.17) is 0 Å². The highest BCUT2D eigenvalue weighted by molar-refractivity contribution is 7.92. The van der Waals surface area contributed by atoms with E-state index in [1.807, 2.05) is 0 Å². The second-order valence-electron chi connectivity index (χ2n) is 5.02. The molecule has 0 atom stereocenters. The van der Waals surface area contributed by atoms with Gasteiger partial charge in [0.05, 0.1) is 4.90 Å². The molecule has 0 radical (unpaired) electrons. The van der Waals surface area contributed by atoms with Crippen molar-refractivity contribution in [1.82, 2.24) is 0 Å². The lowest BCUT2D eigenvalue weighted by atomic mass is 9.87. The van der Waals surface area contributed by atoms with E-state index in [1.54, 1.807) is 26.8 Å². The molecule has 0 aromatic heterocycles. The van der Waals surface area contributed by atoms with Crippen LogP contribution in [0, 0.1) is 0 Å². The Morgan fingerprint density at radius 2 is 1.61 bits per heavy atom. The van der Waals surface area contributed by atoms with E-state index >= 15 is 0 Å². The van der Waals surface area contributed by atoms with Crippen molar-refractivity contribution in [2.45, 2.75) is 36.3 Å². The van der Waals surface area contributed by atoms with Crippen LogP contribution in [0.1, 0.15) is 26.3 Å². The SMILES string of the molecule is CC(C)(C)c1ccccc1S(=O)(=O)C(F)(F)CF. The molecule has 0 N–H and O–H groups in total. The molecule has 0 saturated carbocycles. The Labute approximate surface area is 105 Å². The Hall–Kier alpha value is -1.04. The molecule has 102 valence electrons. The summed E-state index contributed by atoms with van der Waals surface area (Å²) in [6, 6.07) is 5.45. The highest BCUT2D eigenvalue weighted by Crippen LogP contribution is 2.35. The van der Waals surface area contributed by atoms with Crippen molar-refractivity contribution < 1.29 is 21.6 Å². The maximum Gasteiger partial charge on any atom is 0.377 e. The van der Waals surface area contributed by atoms with Crippen molar-refractivity contribution in [3.8, 4) is 0 Å². The number of benzene rings is 1. The Morgan fingerprint density at radius 3 is 2.06 bits per heavy atom. The Bertz CT molecular complexity index is 530. The van der Waals surface area contributed by atoms with E-state index in [1.165, 1.54) is 12.1 Å². The maximum absolute atomic E-state index is 13.2. The molecule has 0 unspecified atom stereocenters. The highest BCUT2D eigenvalue weighted by Gasteiger charge is 2.47. The number of hydrogen-bond donors (Lipinski definition) is 0. The van der Waals surface area contributed by atoms with Crippen LogP contribution < -0.4 is 0 Å². The van der Waals surface area contributed by atoms with E-state index in [2.05, 4.69) is 0 Å². The van der Waals surface area contributed by atoms with E-state index < -0.39 is 32.1 Å². The molecule has 0 aliphatic carbocycles. The number of alkyl halides is 3. The van der Waals surface area contributed by atoms with Gasteiger partial charge < -0.3 is 0 Å². The lowest BCUT2D eigenvalue weighted by Crippen LogP contribution is -2.33. The van der Waals surface area contributed by atoms with Crippen LogP contribution in [0.2, 0.25) is 0 Å². The summed E-state index contributed by atoms with van der Waals surface area (Å²) in [6.45, 7) is 2.88. The van der Waals surface area contributed by atoms with Gasteiger partial charge in [0.25, 0.3) is 0 Å². The van der Waals surface area contributed by atoms with Crippen molar-refractivity contribution in [3.05, 3.63) is 29.8 Å². The fourth-order valence-electron chi connectivity index (χ4n) is 1.55. The molecule has 1 aromatic rings. The van der Waals surface area contributed by atoms with Crippen molar-refractivity contribution in [1.29, 1.82) is 0 Å². The first-order valence-electron chi connectivity index (χ1n) is 5.32. The van der Waals surface area contributed by atoms with Gasteiger partial charge in [0.15, 0.2) is 6.67 Å². The molecule has 0 aliphatic heterocycles. The standard InChI is InChI=1S/C12H15F3O2S/c1-11(2,3)9-6-4-5-7-10(9)18(16,17)12(14,15)8-13/h4-7H,8H2,1-3H3. The first-order valence-corrected chi connectivity index (χ1v) is 6.80. The van der Waals surface area contributed by atoms with Gasteiger partial charge in [-0.3, -0.25) is 0 Å². The third-order valence-corrected chi connectivity index (χ3v) is 4.36. The largest absolute Gasteiger partial charge is 0.377 e. The van der Waals surface area contributed by atoms with Gasteiger partial charge in [-0.05, 0) is 17.0 Å². The number of hydrogen-bond acceptors (Lipinski definition) is 2. The second kappa shape index (κ2) is 4.57.